The minimum atomic E-state index is -0.776. The molecule has 9 nitrogen and oxygen atoms in total. The number of nitrogens with zero attached hydrogens (tertiary/aromatic N) is 1. The summed E-state index contributed by atoms with van der Waals surface area (Å²) in [6, 6.07) is 9.65. The zero-order valence-corrected chi connectivity index (χ0v) is 16.7. The van der Waals surface area contributed by atoms with Crippen molar-refractivity contribution in [2.75, 3.05) is 25.6 Å². The third kappa shape index (κ3) is 6.06. The van der Waals surface area contributed by atoms with Gasteiger partial charge in [0.2, 0.25) is 0 Å². The van der Waals surface area contributed by atoms with E-state index in [1.165, 1.54) is 19.2 Å². The first kappa shape index (κ1) is 22.4. The zero-order valence-electron chi connectivity index (χ0n) is 16.7. The van der Waals surface area contributed by atoms with Gasteiger partial charge < -0.3 is 19.5 Å². The van der Waals surface area contributed by atoms with E-state index in [0.717, 1.165) is 5.56 Å². The van der Waals surface area contributed by atoms with Crippen LogP contribution in [0.3, 0.4) is 0 Å². The second-order valence-corrected chi connectivity index (χ2v) is 6.20. The number of methoxy groups -OCH3 is 1. The van der Waals surface area contributed by atoms with Crippen LogP contribution in [0, 0.1) is 17.0 Å². The summed E-state index contributed by atoms with van der Waals surface area (Å²) in [6.45, 7) is 4.25. The topological polar surface area (TPSA) is 117 Å². The molecule has 0 bridgehead atoms. The van der Waals surface area contributed by atoms with E-state index in [4.69, 9.17) is 14.2 Å². The first-order valence-corrected chi connectivity index (χ1v) is 8.95. The number of ether oxygens (including phenoxy) is 3. The third-order valence-corrected chi connectivity index (χ3v) is 4.03. The summed E-state index contributed by atoms with van der Waals surface area (Å²) in [5.74, 6) is -0.678. The second kappa shape index (κ2) is 10.6. The minimum Gasteiger partial charge on any atom is -0.493 e. The number of para-hydroxylation sites is 1. The van der Waals surface area contributed by atoms with Crippen molar-refractivity contribution >= 4 is 23.3 Å². The Hall–Kier alpha value is -3.88. The molecular formula is C21H22N2O7. The number of carbonyl (C=O) groups excluding carboxylic acids is 2. The van der Waals surface area contributed by atoms with Crippen molar-refractivity contribution in [2.24, 2.45) is 0 Å². The van der Waals surface area contributed by atoms with Gasteiger partial charge in [0.1, 0.15) is 5.69 Å². The van der Waals surface area contributed by atoms with E-state index >= 15 is 0 Å². The van der Waals surface area contributed by atoms with E-state index in [0.29, 0.717) is 23.5 Å². The lowest BCUT2D eigenvalue weighted by Gasteiger charge is -2.12. The molecule has 9 heteroatoms. The predicted octanol–water partition coefficient (Wildman–Crippen LogP) is 3.20. The van der Waals surface area contributed by atoms with Gasteiger partial charge in [-0.05, 0) is 36.6 Å². The zero-order chi connectivity index (χ0) is 22.1. The third-order valence-electron chi connectivity index (χ3n) is 4.03. The molecule has 0 saturated carbocycles. The Labute approximate surface area is 173 Å². The van der Waals surface area contributed by atoms with E-state index in [-0.39, 0.29) is 11.4 Å². The maximum Gasteiger partial charge on any atom is 0.344 e. The van der Waals surface area contributed by atoms with Crippen LogP contribution in [0.25, 0.3) is 0 Å². The van der Waals surface area contributed by atoms with E-state index in [2.05, 4.69) is 11.9 Å². The SMILES string of the molecule is C=CCc1ccc(OCC(=O)OCC(=O)Nc2c(C)cccc2[N+](=O)[O-])c(OC)c1. The van der Waals surface area contributed by atoms with Crippen LogP contribution in [0.5, 0.6) is 11.5 Å². The largest absolute Gasteiger partial charge is 0.493 e. The van der Waals surface area contributed by atoms with Crippen molar-refractivity contribution < 1.29 is 28.7 Å². The van der Waals surface area contributed by atoms with Crippen molar-refractivity contribution in [3.63, 3.8) is 0 Å². The number of hydrogen-bond donors (Lipinski definition) is 1. The highest BCUT2D eigenvalue weighted by Crippen LogP contribution is 2.29. The van der Waals surface area contributed by atoms with Gasteiger partial charge >= 0.3 is 5.97 Å². The maximum atomic E-state index is 12.0. The molecule has 1 amide bonds. The van der Waals surface area contributed by atoms with Gasteiger partial charge in [-0.25, -0.2) is 4.79 Å². The van der Waals surface area contributed by atoms with Crippen LogP contribution in [0.15, 0.2) is 49.1 Å². The molecule has 0 unspecified atom stereocenters. The van der Waals surface area contributed by atoms with E-state index in [1.807, 2.05) is 6.07 Å². The Kier molecular flexibility index (Phi) is 7.92. The molecule has 0 fully saturated rings. The quantitative estimate of drug-likeness (QED) is 0.275. The number of nitro groups is 1. The molecule has 0 spiro atoms. The summed E-state index contributed by atoms with van der Waals surface area (Å²) in [5, 5.41) is 13.5. The molecule has 0 aromatic heterocycles. The highest BCUT2D eigenvalue weighted by atomic mass is 16.6. The molecule has 2 aromatic carbocycles. The molecule has 2 rings (SSSR count). The van der Waals surface area contributed by atoms with Gasteiger partial charge in [-0.2, -0.15) is 0 Å². The standard InChI is InChI=1S/C21H22N2O7/c1-4-6-15-9-10-17(18(11-15)28-3)29-13-20(25)30-12-19(24)22-21-14(2)7-5-8-16(21)23(26)27/h4-5,7-11H,1,6,12-13H2,2-3H3,(H,22,24). The fraction of sp³-hybridized carbons (Fsp3) is 0.238. The number of anilines is 1. The van der Waals surface area contributed by atoms with Gasteiger partial charge in [-0.3, -0.25) is 14.9 Å². The van der Waals surface area contributed by atoms with Gasteiger partial charge in [0, 0.05) is 6.07 Å². The average molecular weight is 414 g/mol. The number of amides is 1. The normalized spacial score (nSPS) is 10.1. The number of hydrogen-bond acceptors (Lipinski definition) is 7. The summed E-state index contributed by atoms with van der Waals surface area (Å²) in [7, 11) is 1.48. The average Bonchev–Trinajstić information content (AvgIpc) is 2.72. The van der Waals surface area contributed by atoms with E-state index in [9.17, 15) is 19.7 Å². The number of nitrogens with one attached hydrogen (secondary N) is 1. The Morgan fingerprint density at radius 2 is 1.97 bits per heavy atom. The number of nitro benzene ring substituents is 1. The summed E-state index contributed by atoms with van der Waals surface area (Å²) in [5.41, 5.74) is 1.30. The number of aryl methyl sites for hydroxylation is 1. The minimum absolute atomic E-state index is 0.0594. The molecule has 2 aromatic rings. The summed E-state index contributed by atoms with van der Waals surface area (Å²) in [6.07, 6.45) is 2.41. The molecule has 0 saturated heterocycles. The highest BCUT2D eigenvalue weighted by molar-refractivity contribution is 5.95. The molecule has 1 N–H and O–H groups in total. The van der Waals surface area contributed by atoms with Crippen LogP contribution in [0.2, 0.25) is 0 Å². The fourth-order valence-electron chi connectivity index (χ4n) is 2.59. The summed E-state index contributed by atoms with van der Waals surface area (Å²) >= 11 is 0. The molecule has 158 valence electrons. The number of carbonyl (C=O) groups is 2. The first-order valence-electron chi connectivity index (χ1n) is 8.95. The van der Waals surface area contributed by atoms with Crippen LogP contribution < -0.4 is 14.8 Å². The van der Waals surface area contributed by atoms with E-state index < -0.39 is 30.0 Å². The van der Waals surface area contributed by atoms with Crippen LogP contribution >= 0.6 is 0 Å². The van der Waals surface area contributed by atoms with Gasteiger partial charge in [0.05, 0.1) is 12.0 Å². The fourth-order valence-corrected chi connectivity index (χ4v) is 2.59. The maximum absolute atomic E-state index is 12.0. The molecule has 0 aliphatic heterocycles. The first-order chi connectivity index (χ1) is 14.3. The summed E-state index contributed by atoms with van der Waals surface area (Å²) in [4.78, 5) is 34.4. The smallest absolute Gasteiger partial charge is 0.344 e. The molecule has 0 aliphatic rings. The van der Waals surface area contributed by atoms with Crippen LogP contribution in [0.4, 0.5) is 11.4 Å². The Bertz CT molecular complexity index is 956. The molecule has 0 aliphatic carbocycles. The molecular weight excluding hydrogens is 392 g/mol. The van der Waals surface area contributed by atoms with Crippen molar-refractivity contribution in [2.45, 2.75) is 13.3 Å². The van der Waals surface area contributed by atoms with Gasteiger partial charge in [0.25, 0.3) is 11.6 Å². The summed E-state index contributed by atoms with van der Waals surface area (Å²) < 4.78 is 15.5. The molecule has 0 atom stereocenters. The lowest BCUT2D eigenvalue weighted by Crippen LogP contribution is -2.24. The van der Waals surface area contributed by atoms with Crippen molar-refractivity contribution in [1.82, 2.24) is 0 Å². The monoisotopic (exact) mass is 414 g/mol. The Balaban J connectivity index is 1.89. The molecule has 0 heterocycles. The van der Waals surface area contributed by atoms with Gasteiger partial charge in [-0.15, -0.1) is 6.58 Å². The number of allylic oxidation sites excluding steroid dienone is 1. The Morgan fingerprint density at radius 1 is 1.20 bits per heavy atom. The number of esters is 1. The molecule has 0 radical (unpaired) electrons. The highest BCUT2D eigenvalue weighted by Gasteiger charge is 2.18. The van der Waals surface area contributed by atoms with E-state index in [1.54, 1.807) is 31.2 Å². The Morgan fingerprint density at radius 3 is 2.63 bits per heavy atom. The van der Waals surface area contributed by atoms with Gasteiger partial charge in [-0.1, -0.05) is 24.3 Å². The van der Waals surface area contributed by atoms with Crippen molar-refractivity contribution in [3.05, 3.63) is 70.3 Å². The van der Waals surface area contributed by atoms with Crippen molar-refractivity contribution in [3.8, 4) is 11.5 Å². The van der Waals surface area contributed by atoms with Crippen LogP contribution in [-0.4, -0.2) is 37.1 Å². The lowest BCUT2D eigenvalue weighted by molar-refractivity contribution is -0.384. The molecule has 30 heavy (non-hydrogen) atoms. The van der Waals surface area contributed by atoms with Crippen LogP contribution in [-0.2, 0) is 20.7 Å². The second-order valence-electron chi connectivity index (χ2n) is 6.20. The lowest BCUT2D eigenvalue weighted by atomic mass is 10.1. The van der Waals surface area contributed by atoms with Gasteiger partial charge in [0.15, 0.2) is 24.7 Å². The van der Waals surface area contributed by atoms with Crippen molar-refractivity contribution in [1.29, 1.82) is 0 Å². The number of benzene rings is 2. The predicted molar refractivity (Wildman–Crippen MR) is 110 cm³/mol. The van der Waals surface area contributed by atoms with Crippen LogP contribution in [0.1, 0.15) is 11.1 Å². The number of rotatable bonds is 10.